The van der Waals surface area contributed by atoms with Crippen molar-refractivity contribution in [2.24, 2.45) is 0 Å². The third-order valence-electron chi connectivity index (χ3n) is 1.65. The van der Waals surface area contributed by atoms with Gasteiger partial charge in [0.1, 0.15) is 13.2 Å². The average Bonchev–Trinajstić information content (AvgIpc) is 2.29. The van der Waals surface area contributed by atoms with Gasteiger partial charge < -0.3 is 20.4 Å². The van der Waals surface area contributed by atoms with Crippen LogP contribution in [0.4, 0.5) is 0 Å². The van der Waals surface area contributed by atoms with Crippen molar-refractivity contribution in [1.82, 2.24) is 0 Å². The van der Waals surface area contributed by atoms with E-state index in [9.17, 15) is 0 Å². The maximum absolute atomic E-state index is 8.71. The Bertz CT molecular complexity index is 302. The molecular weight excluding hydrogens is 294 g/mol. The van der Waals surface area contributed by atoms with Gasteiger partial charge in [-0.25, -0.2) is 0 Å². The molecule has 19 heavy (non-hydrogen) atoms. The van der Waals surface area contributed by atoms with Crippen LogP contribution in [0.1, 0.15) is 0 Å². The molecule has 0 spiro atoms. The fourth-order valence-corrected chi connectivity index (χ4v) is 2.33. The molecule has 0 aliphatic heterocycles. The Morgan fingerprint density at radius 1 is 0.842 bits per heavy atom. The summed E-state index contributed by atoms with van der Waals surface area (Å²) in [6, 6.07) is 8.88. The predicted molar refractivity (Wildman–Crippen MR) is 76.3 cm³/mol. The van der Waals surface area contributed by atoms with Crippen molar-refractivity contribution >= 4 is 70.6 Å². The fraction of sp³-hybridized carbons (Fsp3) is 0.400. The van der Waals surface area contributed by atoms with Gasteiger partial charge in [-0.15, -0.1) is 0 Å². The summed E-state index contributed by atoms with van der Waals surface area (Å²) in [6.07, 6.45) is -3.18. The monoisotopic (exact) mass is 312 g/mol. The second-order valence-corrected chi connectivity index (χ2v) is 4.69. The zero-order valence-corrected chi connectivity index (χ0v) is 9.90. The molecule has 9 heteroatoms. The van der Waals surface area contributed by atoms with E-state index in [-0.39, 0.29) is 72.3 Å². The van der Waals surface area contributed by atoms with Crippen LogP contribution in [0.2, 0.25) is 0 Å². The Labute approximate surface area is 159 Å². The first-order valence-electron chi connectivity index (χ1n) is 4.93. The molecule has 0 saturated carbocycles. The Kier molecular flexibility index (Phi) is 15.5. The molecule has 0 fully saturated rings. The molecule has 4 N–H and O–H groups in total. The van der Waals surface area contributed by atoms with E-state index in [1.54, 1.807) is 24.3 Å². The summed E-state index contributed by atoms with van der Waals surface area (Å²) in [5, 5.41) is 34.8. The van der Waals surface area contributed by atoms with Gasteiger partial charge in [-0.3, -0.25) is 8.37 Å². The molecule has 0 aliphatic carbocycles. The van der Waals surface area contributed by atoms with Crippen molar-refractivity contribution in [2.75, 3.05) is 13.2 Å². The topological polar surface area (TPSA) is 99.4 Å². The van der Waals surface area contributed by atoms with Crippen molar-refractivity contribution in [1.29, 1.82) is 0 Å². The van der Waals surface area contributed by atoms with Gasteiger partial charge in [0.05, 0.1) is 4.90 Å². The molecular formula is C10H18Na2O6S. The second-order valence-electron chi connectivity index (χ2n) is 3.15. The Morgan fingerprint density at radius 3 is 1.63 bits per heavy atom. The Hall–Kier alpha value is 1.33. The van der Waals surface area contributed by atoms with Crippen LogP contribution in [0.3, 0.4) is 0 Å². The molecule has 0 aromatic heterocycles. The normalized spacial score (nSPS) is 10.9. The minimum absolute atomic E-state index is 0. The van der Waals surface area contributed by atoms with Crippen LogP contribution < -0.4 is 0 Å². The fourth-order valence-electron chi connectivity index (χ4n) is 1.00. The molecule has 0 unspecified atom stereocenters. The molecule has 1 aromatic rings. The zero-order chi connectivity index (χ0) is 12.7. The van der Waals surface area contributed by atoms with Crippen LogP contribution in [-0.4, -0.2) is 105 Å². The van der Waals surface area contributed by atoms with Crippen molar-refractivity contribution < 1.29 is 28.8 Å². The zero-order valence-electron chi connectivity index (χ0n) is 9.01. The summed E-state index contributed by atoms with van der Waals surface area (Å²) in [6.45, 7) is -0.607. The molecule has 6 nitrogen and oxygen atoms in total. The van der Waals surface area contributed by atoms with Crippen molar-refractivity contribution in [3.8, 4) is 0 Å². The van der Waals surface area contributed by atoms with E-state index in [1.165, 1.54) is 0 Å². The maximum atomic E-state index is 8.71. The summed E-state index contributed by atoms with van der Waals surface area (Å²) in [5.74, 6) is 0. The Morgan fingerprint density at radius 2 is 1.26 bits per heavy atom. The first kappa shape index (κ1) is 22.6. The van der Waals surface area contributed by atoms with Gasteiger partial charge in [0.2, 0.25) is 0 Å². The van der Waals surface area contributed by atoms with E-state index in [0.717, 1.165) is 0 Å². The third-order valence-corrected chi connectivity index (χ3v) is 3.14. The summed E-state index contributed by atoms with van der Waals surface area (Å²) in [5.41, 5.74) is 0. The predicted octanol–water partition coefficient (Wildman–Crippen LogP) is -1.77. The third kappa shape index (κ3) is 10.7. The number of aliphatic hydroxyl groups excluding tert-OH is 2. The van der Waals surface area contributed by atoms with Crippen LogP contribution in [0, 0.1) is 0 Å². The van der Waals surface area contributed by atoms with Gasteiger partial charge in [-0.1, -0.05) is 18.2 Å². The average molecular weight is 312 g/mol. The molecule has 0 bridgehead atoms. The van der Waals surface area contributed by atoms with E-state index in [4.69, 9.17) is 28.8 Å². The van der Waals surface area contributed by atoms with Gasteiger partial charge in [0, 0.05) is 0 Å². The van der Waals surface area contributed by atoms with Crippen LogP contribution in [0.15, 0.2) is 35.2 Å². The Balaban J connectivity index is 0. The number of hydrogen-bond donors (Lipinski definition) is 5. The standard InChI is InChI=1S/C10H16O6S.2Na.2H/c11-9(12)6-15-17(16-7-10(13)14)8-4-2-1-3-5-8;;;;/h1-5,9-14,17H,6-7H2;;;;. The minimum atomic E-state index is -1.59. The molecule has 1 aromatic carbocycles. The van der Waals surface area contributed by atoms with Gasteiger partial charge in [-0.05, 0) is 12.1 Å². The summed E-state index contributed by atoms with van der Waals surface area (Å²) in [7, 11) is 0. The molecule has 0 saturated heterocycles. The second kappa shape index (κ2) is 13.0. The quantitative estimate of drug-likeness (QED) is 0.232. The van der Waals surface area contributed by atoms with Crippen molar-refractivity contribution in [3.05, 3.63) is 30.3 Å². The molecule has 1 rings (SSSR count). The van der Waals surface area contributed by atoms with Gasteiger partial charge in [0.15, 0.2) is 12.6 Å². The van der Waals surface area contributed by atoms with Crippen LogP contribution in [0.25, 0.3) is 0 Å². The van der Waals surface area contributed by atoms with E-state index in [0.29, 0.717) is 4.90 Å². The summed E-state index contributed by atoms with van der Waals surface area (Å²) >= 11 is -1.56. The first-order chi connectivity index (χ1) is 8.09. The van der Waals surface area contributed by atoms with Crippen molar-refractivity contribution in [2.45, 2.75) is 17.5 Å². The van der Waals surface area contributed by atoms with Crippen LogP contribution >= 0.6 is 11.5 Å². The molecule has 102 valence electrons. The van der Waals surface area contributed by atoms with E-state index in [1.807, 2.05) is 6.07 Å². The van der Waals surface area contributed by atoms with E-state index < -0.39 is 24.0 Å². The van der Waals surface area contributed by atoms with Crippen LogP contribution in [-0.2, 0) is 8.37 Å². The van der Waals surface area contributed by atoms with Gasteiger partial charge in [-0.2, -0.15) is 11.5 Å². The molecule has 0 aliphatic rings. The van der Waals surface area contributed by atoms with E-state index >= 15 is 0 Å². The van der Waals surface area contributed by atoms with Crippen LogP contribution in [0.5, 0.6) is 0 Å². The molecule has 0 atom stereocenters. The number of thiol groups is 1. The SMILES string of the molecule is OC(O)CO[SH](OCC(O)O)c1ccccc1.[NaH].[NaH]. The summed E-state index contributed by atoms with van der Waals surface area (Å²) < 4.78 is 10.3. The number of aliphatic hydroxyl groups is 4. The summed E-state index contributed by atoms with van der Waals surface area (Å²) in [4.78, 5) is 0.712. The first-order valence-corrected chi connectivity index (χ1v) is 6.10. The van der Waals surface area contributed by atoms with Gasteiger partial charge in [0.25, 0.3) is 0 Å². The number of benzene rings is 1. The van der Waals surface area contributed by atoms with E-state index in [2.05, 4.69) is 0 Å². The van der Waals surface area contributed by atoms with Gasteiger partial charge >= 0.3 is 59.1 Å². The molecule has 0 amide bonds. The van der Waals surface area contributed by atoms with Crippen molar-refractivity contribution in [3.63, 3.8) is 0 Å². The molecule has 0 heterocycles. The number of hydrogen-bond acceptors (Lipinski definition) is 6. The molecule has 0 radical (unpaired) electrons. The number of rotatable bonds is 7.